The summed E-state index contributed by atoms with van der Waals surface area (Å²) in [6.07, 6.45) is 1.71. The molecule has 0 radical (unpaired) electrons. The van der Waals surface area contributed by atoms with Gasteiger partial charge >= 0.3 is 0 Å². The number of hydrogen-bond donors (Lipinski definition) is 2. The molecular formula is C22H24F3N5O. The van der Waals surface area contributed by atoms with Crippen molar-refractivity contribution in [2.75, 3.05) is 23.3 Å². The lowest BCUT2D eigenvalue weighted by Crippen LogP contribution is -2.60. The molecule has 0 unspecified atom stereocenters. The fraction of sp³-hybridized carbons (Fsp3) is 0.409. The van der Waals surface area contributed by atoms with Crippen molar-refractivity contribution in [3.05, 3.63) is 53.1 Å². The van der Waals surface area contributed by atoms with Gasteiger partial charge in [-0.05, 0) is 26.8 Å². The summed E-state index contributed by atoms with van der Waals surface area (Å²) in [6.45, 7) is 6.88. The molecule has 0 amide bonds. The highest BCUT2D eigenvalue weighted by Crippen LogP contribution is 2.35. The van der Waals surface area contributed by atoms with Gasteiger partial charge in [0.2, 0.25) is 0 Å². The van der Waals surface area contributed by atoms with E-state index in [1.165, 1.54) is 12.1 Å². The fourth-order valence-corrected chi connectivity index (χ4v) is 3.89. The van der Waals surface area contributed by atoms with Crippen molar-refractivity contribution in [3.8, 4) is 0 Å². The number of aliphatic hydroxyl groups is 1. The summed E-state index contributed by atoms with van der Waals surface area (Å²) in [6, 6.07) is 5.22. The Morgan fingerprint density at radius 3 is 2.61 bits per heavy atom. The van der Waals surface area contributed by atoms with Gasteiger partial charge in [-0.3, -0.25) is 4.98 Å². The third-order valence-corrected chi connectivity index (χ3v) is 5.52. The smallest absolute Gasteiger partial charge is 0.273 e. The van der Waals surface area contributed by atoms with Gasteiger partial charge in [0.25, 0.3) is 5.92 Å². The number of nitrogens with one attached hydrogen (secondary N) is 1. The maximum absolute atomic E-state index is 14.8. The molecule has 9 heteroatoms. The van der Waals surface area contributed by atoms with E-state index in [1.807, 2.05) is 11.0 Å². The number of pyridine rings is 1. The summed E-state index contributed by atoms with van der Waals surface area (Å²) in [4.78, 5) is 6.48. The SMILES string of the molecule is Cc1nnc(N[C@H](C)c2cccc(C(C)(F)F)c2F)c2cc(N3CC(C)(O)C3)cnc12. The maximum atomic E-state index is 14.8. The van der Waals surface area contributed by atoms with Gasteiger partial charge in [0, 0.05) is 31.0 Å². The largest absolute Gasteiger partial charge is 0.386 e. The molecule has 1 aliphatic rings. The minimum Gasteiger partial charge on any atom is -0.386 e. The normalized spacial score (nSPS) is 16.8. The zero-order chi connectivity index (χ0) is 22.6. The number of nitrogens with zero attached hydrogens (tertiary/aromatic N) is 4. The van der Waals surface area contributed by atoms with E-state index < -0.39 is 28.9 Å². The van der Waals surface area contributed by atoms with Crippen LogP contribution in [-0.4, -0.2) is 39.0 Å². The van der Waals surface area contributed by atoms with E-state index in [-0.39, 0.29) is 5.56 Å². The van der Waals surface area contributed by atoms with Crippen molar-refractivity contribution in [2.24, 2.45) is 0 Å². The minimum atomic E-state index is -3.28. The van der Waals surface area contributed by atoms with Crippen LogP contribution in [0.4, 0.5) is 24.7 Å². The highest BCUT2D eigenvalue weighted by atomic mass is 19.3. The van der Waals surface area contributed by atoms with Crippen LogP contribution in [0.1, 0.15) is 43.6 Å². The first-order valence-corrected chi connectivity index (χ1v) is 10.00. The Bertz CT molecular complexity index is 1140. The molecular weight excluding hydrogens is 407 g/mol. The molecule has 3 heterocycles. The maximum Gasteiger partial charge on any atom is 0.273 e. The van der Waals surface area contributed by atoms with Gasteiger partial charge in [-0.1, -0.05) is 18.2 Å². The summed E-state index contributed by atoms with van der Waals surface area (Å²) >= 11 is 0. The molecule has 164 valence electrons. The van der Waals surface area contributed by atoms with E-state index in [0.717, 1.165) is 11.8 Å². The number of alkyl halides is 2. The molecule has 0 spiro atoms. The van der Waals surface area contributed by atoms with Crippen LogP contribution in [0.2, 0.25) is 0 Å². The molecule has 2 N–H and O–H groups in total. The number of fused-ring (bicyclic) bond motifs is 1. The summed E-state index contributed by atoms with van der Waals surface area (Å²) < 4.78 is 42.3. The van der Waals surface area contributed by atoms with Crippen molar-refractivity contribution in [2.45, 2.75) is 45.3 Å². The molecule has 0 saturated carbocycles. The minimum absolute atomic E-state index is 0.109. The van der Waals surface area contributed by atoms with Crippen LogP contribution in [0.15, 0.2) is 30.5 Å². The molecule has 1 atom stereocenters. The van der Waals surface area contributed by atoms with E-state index >= 15 is 0 Å². The van der Waals surface area contributed by atoms with Gasteiger partial charge in [0.05, 0.1) is 40.3 Å². The Hall–Kier alpha value is -2.94. The molecule has 31 heavy (non-hydrogen) atoms. The molecule has 4 rings (SSSR count). The molecule has 1 aromatic carbocycles. The summed E-state index contributed by atoms with van der Waals surface area (Å²) in [7, 11) is 0. The van der Waals surface area contributed by atoms with Crippen molar-refractivity contribution in [1.82, 2.24) is 15.2 Å². The van der Waals surface area contributed by atoms with E-state index in [9.17, 15) is 18.3 Å². The van der Waals surface area contributed by atoms with Gasteiger partial charge < -0.3 is 15.3 Å². The molecule has 0 bridgehead atoms. The summed E-state index contributed by atoms with van der Waals surface area (Å²) in [5, 5.41) is 22.1. The molecule has 1 saturated heterocycles. The topological polar surface area (TPSA) is 74.2 Å². The molecule has 2 aromatic heterocycles. The lowest BCUT2D eigenvalue weighted by Gasteiger charge is -2.45. The zero-order valence-corrected chi connectivity index (χ0v) is 17.7. The average Bonchev–Trinajstić information content (AvgIpc) is 2.67. The van der Waals surface area contributed by atoms with E-state index in [0.29, 0.717) is 42.4 Å². The number of benzene rings is 1. The predicted molar refractivity (Wildman–Crippen MR) is 113 cm³/mol. The third kappa shape index (κ3) is 4.01. The molecule has 3 aromatic rings. The second-order valence-corrected chi connectivity index (χ2v) is 8.54. The Morgan fingerprint density at radius 2 is 1.97 bits per heavy atom. The number of rotatable bonds is 5. The first-order chi connectivity index (χ1) is 14.5. The highest BCUT2D eigenvalue weighted by Gasteiger charge is 2.37. The van der Waals surface area contributed by atoms with Crippen LogP contribution < -0.4 is 10.2 Å². The molecule has 6 nitrogen and oxygen atoms in total. The van der Waals surface area contributed by atoms with Crippen LogP contribution in [0.25, 0.3) is 10.9 Å². The Labute approximate surface area is 178 Å². The quantitative estimate of drug-likeness (QED) is 0.627. The van der Waals surface area contributed by atoms with Crippen LogP contribution in [0, 0.1) is 12.7 Å². The molecule has 1 fully saturated rings. The number of β-amino-alcohol motifs (C(OH)–C–C–N with tert-alkyl or cyclic N) is 1. The van der Waals surface area contributed by atoms with E-state index in [4.69, 9.17) is 0 Å². The van der Waals surface area contributed by atoms with Crippen molar-refractivity contribution >= 4 is 22.4 Å². The molecule has 1 aliphatic heterocycles. The predicted octanol–water partition coefficient (Wildman–Crippen LogP) is 4.33. The monoisotopic (exact) mass is 431 g/mol. The summed E-state index contributed by atoms with van der Waals surface area (Å²) in [5.41, 5.74) is 0.816. The first kappa shape index (κ1) is 21.3. The van der Waals surface area contributed by atoms with Crippen LogP contribution in [0.5, 0.6) is 0 Å². The first-order valence-electron chi connectivity index (χ1n) is 10.00. The second-order valence-electron chi connectivity index (χ2n) is 8.54. The van der Waals surface area contributed by atoms with Crippen molar-refractivity contribution in [3.63, 3.8) is 0 Å². The Kier molecular flexibility index (Phi) is 5.04. The van der Waals surface area contributed by atoms with Crippen LogP contribution in [-0.2, 0) is 5.92 Å². The van der Waals surface area contributed by atoms with Gasteiger partial charge in [-0.2, -0.15) is 5.10 Å². The van der Waals surface area contributed by atoms with Crippen molar-refractivity contribution < 1.29 is 18.3 Å². The van der Waals surface area contributed by atoms with Crippen molar-refractivity contribution in [1.29, 1.82) is 0 Å². The molecule has 0 aliphatic carbocycles. The number of aromatic nitrogens is 3. The number of anilines is 2. The highest BCUT2D eigenvalue weighted by molar-refractivity contribution is 5.92. The lowest BCUT2D eigenvalue weighted by atomic mass is 9.96. The van der Waals surface area contributed by atoms with Crippen LogP contribution >= 0.6 is 0 Å². The van der Waals surface area contributed by atoms with E-state index in [2.05, 4.69) is 20.5 Å². The Balaban J connectivity index is 1.69. The van der Waals surface area contributed by atoms with Gasteiger partial charge in [-0.25, -0.2) is 13.2 Å². The lowest BCUT2D eigenvalue weighted by molar-refractivity contribution is 0.0135. The Morgan fingerprint density at radius 1 is 1.26 bits per heavy atom. The summed E-state index contributed by atoms with van der Waals surface area (Å²) in [5.74, 6) is -3.85. The van der Waals surface area contributed by atoms with Gasteiger partial charge in [0.1, 0.15) is 5.82 Å². The van der Waals surface area contributed by atoms with Gasteiger partial charge in [0.15, 0.2) is 5.82 Å². The number of aryl methyl sites for hydroxylation is 1. The standard InChI is InChI=1S/C22H24F3N5O/c1-12(15-6-5-7-17(18(15)23)22(4,24)25)27-20-16-8-14(30-10-21(3,31)11-30)9-26-19(16)13(2)28-29-20/h5-9,12,31H,10-11H2,1-4H3,(H,27,29)/t12-/m1/s1. The third-order valence-electron chi connectivity index (χ3n) is 5.52. The number of halogens is 3. The van der Waals surface area contributed by atoms with Crippen LogP contribution in [0.3, 0.4) is 0 Å². The van der Waals surface area contributed by atoms with Gasteiger partial charge in [-0.15, -0.1) is 5.10 Å². The number of hydrogen-bond acceptors (Lipinski definition) is 6. The fourth-order valence-electron chi connectivity index (χ4n) is 3.89. The van der Waals surface area contributed by atoms with E-state index in [1.54, 1.807) is 27.0 Å². The zero-order valence-electron chi connectivity index (χ0n) is 17.7. The average molecular weight is 431 g/mol. The second kappa shape index (κ2) is 7.33.